The molecule has 118 valence electrons. The highest BCUT2D eigenvalue weighted by atomic mass is 16.5. The third kappa shape index (κ3) is 3.76. The molecule has 1 atom stereocenters. The van der Waals surface area contributed by atoms with Crippen LogP contribution in [-0.4, -0.2) is 55.2 Å². The summed E-state index contributed by atoms with van der Waals surface area (Å²) in [6, 6.07) is 8.67. The number of likely N-dealkylation sites (N-methyl/N-ethyl adjacent to an activating group) is 1. The number of nitrogens with two attached hydrogens (primary N) is 1. The van der Waals surface area contributed by atoms with E-state index < -0.39 is 0 Å². The maximum absolute atomic E-state index is 6.07. The van der Waals surface area contributed by atoms with Crippen LogP contribution in [0.25, 0.3) is 0 Å². The summed E-state index contributed by atoms with van der Waals surface area (Å²) in [5, 5.41) is 0. The summed E-state index contributed by atoms with van der Waals surface area (Å²) < 4.78 is 5.52. The molecule has 2 rings (SSSR count). The highest BCUT2D eigenvalue weighted by molar-refractivity contribution is 5.29. The Kier molecular flexibility index (Phi) is 5.25. The van der Waals surface area contributed by atoms with Crippen molar-refractivity contribution in [2.75, 3.05) is 39.8 Å². The molecule has 0 amide bonds. The van der Waals surface area contributed by atoms with Crippen LogP contribution < -0.4 is 10.5 Å². The van der Waals surface area contributed by atoms with Gasteiger partial charge in [-0.3, -0.25) is 9.80 Å². The zero-order valence-corrected chi connectivity index (χ0v) is 13.8. The predicted molar refractivity (Wildman–Crippen MR) is 87.7 cm³/mol. The Morgan fingerprint density at radius 3 is 2.43 bits per heavy atom. The topological polar surface area (TPSA) is 41.7 Å². The van der Waals surface area contributed by atoms with Gasteiger partial charge in [0, 0.05) is 37.8 Å². The lowest BCUT2D eigenvalue weighted by Crippen LogP contribution is -2.58. The molecule has 1 unspecified atom stereocenters. The van der Waals surface area contributed by atoms with Crippen LogP contribution in [0.15, 0.2) is 24.3 Å². The van der Waals surface area contributed by atoms with Crippen LogP contribution in [0.3, 0.4) is 0 Å². The molecule has 0 radical (unpaired) electrons. The third-order valence-electron chi connectivity index (χ3n) is 4.59. The lowest BCUT2D eigenvalue weighted by molar-refractivity contribution is 0.0180. The van der Waals surface area contributed by atoms with Crippen molar-refractivity contribution >= 4 is 0 Å². The molecule has 1 heterocycles. The van der Waals surface area contributed by atoms with Gasteiger partial charge in [0.25, 0.3) is 0 Å². The number of hydrogen-bond donors (Lipinski definition) is 1. The number of hydrogen-bond acceptors (Lipinski definition) is 4. The second kappa shape index (κ2) is 6.77. The summed E-state index contributed by atoms with van der Waals surface area (Å²) in [6.07, 6.45) is 0. The molecule has 1 aliphatic heterocycles. The first-order valence-corrected chi connectivity index (χ1v) is 7.86. The molecule has 0 aliphatic carbocycles. The van der Waals surface area contributed by atoms with Crippen molar-refractivity contribution in [2.45, 2.75) is 32.4 Å². The third-order valence-corrected chi connectivity index (χ3v) is 4.59. The Balaban J connectivity index is 2.12. The minimum atomic E-state index is 0.191. The standard InChI is InChI=1S/C17H29N3O/c1-5-21-15-8-6-14(7-9-15)16(12-18)20-11-10-19(4)17(2,3)13-20/h6-9,16H,5,10-13,18H2,1-4H3. The lowest BCUT2D eigenvalue weighted by atomic mass is 9.96. The molecule has 0 saturated carbocycles. The normalized spacial score (nSPS) is 21.2. The molecule has 2 N–H and O–H groups in total. The van der Waals surface area contributed by atoms with Crippen LogP contribution in [-0.2, 0) is 0 Å². The van der Waals surface area contributed by atoms with E-state index >= 15 is 0 Å². The molecular formula is C17H29N3O. The largest absolute Gasteiger partial charge is 0.494 e. The monoisotopic (exact) mass is 291 g/mol. The van der Waals surface area contributed by atoms with Gasteiger partial charge >= 0.3 is 0 Å². The molecule has 4 heteroatoms. The van der Waals surface area contributed by atoms with Crippen molar-refractivity contribution in [1.82, 2.24) is 9.80 Å². The maximum Gasteiger partial charge on any atom is 0.119 e. The maximum atomic E-state index is 6.07. The Morgan fingerprint density at radius 2 is 1.90 bits per heavy atom. The molecule has 1 aromatic rings. The molecule has 0 bridgehead atoms. The summed E-state index contributed by atoms with van der Waals surface area (Å²) in [4.78, 5) is 4.94. The molecular weight excluding hydrogens is 262 g/mol. The average Bonchev–Trinajstić information content (AvgIpc) is 2.45. The van der Waals surface area contributed by atoms with Crippen LogP contribution in [0.4, 0.5) is 0 Å². The first kappa shape index (κ1) is 16.3. The first-order chi connectivity index (χ1) is 9.97. The fourth-order valence-electron chi connectivity index (χ4n) is 2.99. The number of rotatable bonds is 5. The van der Waals surface area contributed by atoms with Crippen LogP contribution in [0.2, 0.25) is 0 Å². The van der Waals surface area contributed by atoms with E-state index in [4.69, 9.17) is 10.5 Å². The first-order valence-electron chi connectivity index (χ1n) is 7.86. The lowest BCUT2D eigenvalue weighted by Gasteiger charge is -2.48. The van der Waals surface area contributed by atoms with Crippen molar-refractivity contribution in [1.29, 1.82) is 0 Å². The minimum Gasteiger partial charge on any atom is -0.494 e. The van der Waals surface area contributed by atoms with Gasteiger partial charge < -0.3 is 10.5 Å². The molecule has 4 nitrogen and oxygen atoms in total. The molecule has 1 fully saturated rings. The molecule has 1 aliphatic rings. The van der Waals surface area contributed by atoms with Crippen LogP contribution >= 0.6 is 0 Å². The zero-order valence-electron chi connectivity index (χ0n) is 13.8. The van der Waals surface area contributed by atoms with Gasteiger partial charge in [-0.05, 0) is 45.5 Å². The van der Waals surface area contributed by atoms with Crippen molar-refractivity contribution in [2.24, 2.45) is 5.73 Å². The van der Waals surface area contributed by atoms with E-state index in [1.54, 1.807) is 0 Å². The number of nitrogens with zero attached hydrogens (tertiary/aromatic N) is 2. The van der Waals surface area contributed by atoms with Gasteiger partial charge in [0.15, 0.2) is 0 Å². The van der Waals surface area contributed by atoms with Gasteiger partial charge in [0.2, 0.25) is 0 Å². The number of ether oxygens (including phenoxy) is 1. The summed E-state index contributed by atoms with van der Waals surface area (Å²) >= 11 is 0. The fourth-order valence-corrected chi connectivity index (χ4v) is 2.99. The van der Waals surface area contributed by atoms with Gasteiger partial charge in [-0.1, -0.05) is 12.1 Å². The van der Waals surface area contributed by atoms with Crippen molar-refractivity contribution in [3.05, 3.63) is 29.8 Å². The van der Waals surface area contributed by atoms with Crippen LogP contribution in [0, 0.1) is 0 Å². The van der Waals surface area contributed by atoms with E-state index in [-0.39, 0.29) is 11.6 Å². The van der Waals surface area contributed by atoms with Crippen molar-refractivity contribution < 1.29 is 4.74 Å². The van der Waals surface area contributed by atoms with Crippen molar-refractivity contribution in [3.63, 3.8) is 0 Å². The Labute approximate surface area is 128 Å². The smallest absolute Gasteiger partial charge is 0.119 e. The summed E-state index contributed by atoms with van der Waals surface area (Å²) in [5.74, 6) is 0.927. The van der Waals surface area contributed by atoms with E-state index in [0.29, 0.717) is 13.2 Å². The molecule has 0 aromatic heterocycles. The van der Waals surface area contributed by atoms with Gasteiger partial charge in [0.1, 0.15) is 5.75 Å². The van der Waals surface area contributed by atoms with Gasteiger partial charge in [0.05, 0.1) is 6.61 Å². The minimum absolute atomic E-state index is 0.191. The van der Waals surface area contributed by atoms with E-state index in [1.807, 2.05) is 19.1 Å². The number of piperazine rings is 1. The second-order valence-corrected chi connectivity index (χ2v) is 6.46. The van der Waals surface area contributed by atoms with E-state index in [1.165, 1.54) is 5.56 Å². The van der Waals surface area contributed by atoms with Gasteiger partial charge in [-0.2, -0.15) is 0 Å². The van der Waals surface area contributed by atoms with Crippen molar-refractivity contribution in [3.8, 4) is 5.75 Å². The van der Waals surface area contributed by atoms with Crippen LogP contribution in [0.1, 0.15) is 32.4 Å². The van der Waals surface area contributed by atoms with Gasteiger partial charge in [-0.15, -0.1) is 0 Å². The molecule has 1 saturated heterocycles. The molecule has 1 aromatic carbocycles. The molecule has 0 spiro atoms. The van der Waals surface area contributed by atoms with Crippen LogP contribution in [0.5, 0.6) is 5.75 Å². The SMILES string of the molecule is CCOc1ccc(C(CN)N2CCN(C)C(C)(C)C2)cc1. The Morgan fingerprint density at radius 1 is 1.24 bits per heavy atom. The Bertz CT molecular complexity index is 444. The predicted octanol–water partition coefficient (Wildman–Crippen LogP) is 2.11. The number of benzene rings is 1. The van der Waals surface area contributed by atoms with E-state index in [2.05, 4.69) is 42.8 Å². The highest BCUT2D eigenvalue weighted by Gasteiger charge is 2.34. The molecule has 21 heavy (non-hydrogen) atoms. The fraction of sp³-hybridized carbons (Fsp3) is 0.647. The second-order valence-electron chi connectivity index (χ2n) is 6.46. The highest BCUT2D eigenvalue weighted by Crippen LogP contribution is 2.28. The summed E-state index contributed by atoms with van der Waals surface area (Å²) in [6.45, 7) is 11.1. The summed E-state index contributed by atoms with van der Waals surface area (Å²) in [7, 11) is 2.20. The van der Waals surface area contributed by atoms with E-state index in [0.717, 1.165) is 25.4 Å². The summed E-state index contributed by atoms with van der Waals surface area (Å²) in [5.41, 5.74) is 7.54. The van der Waals surface area contributed by atoms with E-state index in [9.17, 15) is 0 Å². The average molecular weight is 291 g/mol. The van der Waals surface area contributed by atoms with Gasteiger partial charge in [-0.25, -0.2) is 0 Å². The Hall–Kier alpha value is -1.10. The zero-order chi connectivity index (χ0) is 15.5. The quantitative estimate of drug-likeness (QED) is 0.902.